The van der Waals surface area contributed by atoms with Gasteiger partial charge in [-0.05, 0) is 18.4 Å². The number of hydrogen-bond donors (Lipinski definition) is 1. The van der Waals surface area contributed by atoms with Crippen LogP contribution in [0.3, 0.4) is 0 Å². The molecule has 8 heteroatoms. The standard InChI is InChI=1S/C29H37N3O4S/c1-3-4-8-16-31-17-10-14-29-24(23-22(37-29)13-9-15-30(2)26(23)34)27(35)32(25(29)28(31)36)21(19-33)18-20-11-6-5-7-12-20/h5-7,9-14,21-25,33H,3-4,8,15-19H2,1-2H3/t21-,22+,23-,24+,25?,29+/m1/s1. The lowest BCUT2D eigenvalue weighted by molar-refractivity contribution is -0.146. The van der Waals surface area contributed by atoms with Crippen LogP contribution in [0.4, 0.5) is 0 Å². The van der Waals surface area contributed by atoms with E-state index in [-0.39, 0.29) is 29.6 Å². The zero-order valence-electron chi connectivity index (χ0n) is 21.7. The number of rotatable bonds is 8. The molecule has 6 atom stereocenters. The molecule has 1 aromatic rings. The molecule has 1 aromatic carbocycles. The summed E-state index contributed by atoms with van der Waals surface area (Å²) >= 11 is 1.59. The van der Waals surface area contributed by atoms with E-state index in [1.165, 1.54) is 0 Å². The lowest BCUT2D eigenvalue weighted by Crippen LogP contribution is -2.57. The van der Waals surface area contributed by atoms with E-state index in [0.29, 0.717) is 26.1 Å². The molecule has 3 amide bonds. The summed E-state index contributed by atoms with van der Waals surface area (Å²) in [5.41, 5.74) is 0.996. The lowest BCUT2D eigenvalue weighted by atomic mass is 9.78. The van der Waals surface area contributed by atoms with Crippen molar-refractivity contribution >= 4 is 29.5 Å². The quantitative estimate of drug-likeness (QED) is 0.418. The van der Waals surface area contributed by atoms with Gasteiger partial charge in [-0.1, -0.05) is 74.4 Å². The molecule has 0 aromatic heterocycles. The lowest BCUT2D eigenvalue weighted by Gasteiger charge is -2.38. The molecule has 5 rings (SSSR count). The average Bonchev–Trinajstić information content (AvgIpc) is 3.24. The van der Waals surface area contributed by atoms with Gasteiger partial charge in [0.2, 0.25) is 17.7 Å². The minimum absolute atomic E-state index is 0.0492. The van der Waals surface area contributed by atoms with Crippen LogP contribution in [-0.2, 0) is 20.8 Å². The highest BCUT2D eigenvalue weighted by atomic mass is 32.2. The Balaban J connectivity index is 1.58. The second-order valence-electron chi connectivity index (χ2n) is 10.7. The van der Waals surface area contributed by atoms with E-state index < -0.39 is 28.7 Å². The number of likely N-dealkylation sites (N-methyl/N-ethyl adjacent to an activating group) is 1. The third kappa shape index (κ3) is 4.42. The number of fused-ring (bicyclic) bond motifs is 2. The highest BCUT2D eigenvalue weighted by Gasteiger charge is 2.71. The van der Waals surface area contributed by atoms with E-state index in [2.05, 4.69) is 13.0 Å². The maximum atomic E-state index is 14.4. The number of thioether (sulfide) groups is 1. The summed E-state index contributed by atoms with van der Waals surface area (Å²) in [7, 11) is 1.77. The molecular formula is C29H37N3O4S. The van der Waals surface area contributed by atoms with Crippen LogP contribution in [0, 0.1) is 11.8 Å². The number of unbranched alkanes of at least 4 members (excludes halogenated alkanes) is 2. The predicted molar refractivity (Wildman–Crippen MR) is 145 cm³/mol. The van der Waals surface area contributed by atoms with E-state index in [1.54, 1.807) is 28.6 Å². The van der Waals surface area contributed by atoms with Crippen molar-refractivity contribution in [3.05, 3.63) is 60.2 Å². The molecule has 0 aliphatic carbocycles. The Hall–Kier alpha value is -2.58. The van der Waals surface area contributed by atoms with Crippen molar-refractivity contribution in [2.45, 2.75) is 54.7 Å². The van der Waals surface area contributed by atoms with Crippen LogP contribution < -0.4 is 0 Å². The number of carbonyl (C=O) groups is 3. The van der Waals surface area contributed by atoms with Crippen molar-refractivity contribution in [3.63, 3.8) is 0 Å². The number of hydrogen-bond acceptors (Lipinski definition) is 5. The molecule has 198 valence electrons. The van der Waals surface area contributed by atoms with Crippen LogP contribution in [0.15, 0.2) is 54.6 Å². The highest BCUT2D eigenvalue weighted by molar-refractivity contribution is 8.02. The minimum atomic E-state index is -0.842. The molecule has 7 nitrogen and oxygen atoms in total. The van der Waals surface area contributed by atoms with Crippen molar-refractivity contribution in [2.75, 3.05) is 33.3 Å². The van der Waals surface area contributed by atoms with Crippen molar-refractivity contribution in [3.8, 4) is 0 Å². The van der Waals surface area contributed by atoms with Gasteiger partial charge in [0.25, 0.3) is 0 Å². The first-order valence-corrected chi connectivity index (χ1v) is 14.3. The molecule has 1 unspecified atom stereocenters. The molecular weight excluding hydrogens is 486 g/mol. The van der Waals surface area contributed by atoms with E-state index in [0.717, 1.165) is 24.8 Å². The zero-order valence-corrected chi connectivity index (χ0v) is 22.5. The van der Waals surface area contributed by atoms with Gasteiger partial charge in [0.05, 0.1) is 29.2 Å². The number of nitrogens with zero attached hydrogens (tertiary/aromatic N) is 3. The van der Waals surface area contributed by atoms with E-state index in [9.17, 15) is 19.5 Å². The third-order valence-electron chi connectivity index (χ3n) is 8.33. The summed E-state index contributed by atoms with van der Waals surface area (Å²) in [6, 6.07) is 8.46. The summed E-state index contributed by atoms with van der Waals surface area (Å²) in [4.78, 5) is 47.4. The fourth-order valence-corrected chi connectivity index (χ4v) is 8.53. The molecule has 1 N–H and O–H groups in total. The van der Waals surface area contributed by atoms with Crippen LogP contribution in [0.5, 0.6) is 0 Å². The monoisotopic (exact) mass is 523 g/mol. The van der Waals surface area contributed by atoms with Crippen LogP contribution >= 0.6 is 11.8 Å². The van der Waals surface area contributed by atoms with Gasteiger partial charge >= 0.3 is 0 Å². The van der Waals surface area contributed by atoms with Crippen LogP contribution in [0.2, 0.25) is 0 Å². The summed E-state index contributed by atoms with van der Waals surface area (Å²) in [6.07, 6.45) is 11.6. The first kappa shape index (κ1) is 26.0. The SMILES string of the molecule is CCCCCN1CC=C[C@]23S[C@H]4C=CCN(C)C(=O)[C@H]4[C@H]2C(=O)N([C@@H](CO)Cc2ccccc2)C3C1=O. The number of amides is 3. The minimum Gasteiger partial charge on any atom is -0.394 e. The molecule has 0 bridgehead atoms. The van der Waals surface area contributed by atoms with Crippen LogP contribution in [0.25, 0.3) is 0 Å². The molecule has 37 heavy (non-hydrogen) atoms. The van der Waals surface area contributed by atoms with Gasteiger partial charge in [-0.15, -0.1) is 11.8 Å². The van der Waals surface area contributed by atoms with Gasteiger partial charge in [0.1, 0.15) is 6.04 Å². The molecule has 4 heterocycles. The van der Waals surface area contributed by atoms with Crippen LogP contribution in [-0.4, -0.2) is 92.9 Å². The fraction of sp³-hybridized carbons (Fsp3) is 0.552. The number of aliphatic hydroxyl groups excluding tert-OH is 1. The number of aliphatic hydroxyl groups is 1. The topological polar surface area (TPSA) is 81.2 Å². The molecule has 1 spiro atoms. The number of carbonyl (C=O) groups excluding carboxylic acids is 3. The summed E-state index contributed by atoms with van der Waals surface area (Å²) in [5, 5.41) is 10.4. The van der Waals surface area contributed by atoms with Gasteiger partial charge in [0, 0.05) is 31.9 Å². The van der Waals surface area contributed by atoms with Crippen LogP contribution in [0.1, 0.15) is 31.7 Å². The Bertz CT molecular complexity index is 1090. The maximum absolute atomic E-state index is 14.4. The van der Waals surface area contributed by atoms with Gasteiger partial charge in [-0.2, -0.15) is 0 Å². The van der Waals surface area contributed by atoms with Gasteiger partial charge in [0.15, 0.2) is 0 Å². The van der Waals surface area contributed by atoms with Gasteiger partial charge in [-0.25, -0.2) is 0 Å². The fourth-order valence-electron chi connectivity index (χ4n) is 6.53. The normalized spacial score (nSPS) is 31.8. The summed E-state index contributed by atoms with van der Waals surface area (Å²) < 4.78 is -0.842. The summed E-state index contributed by atoms with van der Waals surface area (Å²) in [6.45, 7) is 3.53. The molecule has 0 saturated carbocycles. The zero-order chi connectivity index (χ0) is 26.2. The highest BCUT2D eigenvalue weighted by Crippen LogP contribution is 2.61. The Morgan fingerprint density at radius 2 is 1.84 bits per heavy atom. The second-order valence-corrected chi connectivity index (χ2v) is 12.1. The first-order valence-electron chi connectivity index (χ1n) is 13.5. The summed E-state index contributed by atoms with van der Waals surface area (Å²) in [5.74, 6) is -1.49. The Kier molecular flexibility index (Phi) is 7.50. The van der Waals surface area contributed by atoms with Crippen molar-refractivity contribution in [1.82, 2.24) is 14.7 Å². The molecule has 4 aliphatic heterocycles. The van der Waals surface area contributed by atoms with E-state index in [1.807, 2.05) is 53.5 Å². The molecule has 0 radical (unpaired) electrons. The largest absolute Gasteiger partial charge is 0.394 e. The third-order valence-corrected chi connectivity index (χ3v) is 10.1. The van der Waals surface area contributed by atoms with Crippen molar-refractivity contribution in [1.29, 1.82) is 0 Å². The molecule has 2 fully saturated rings. The predicted octanol–water partition coefficient (Wildman–Crippen LogP) is 2.50. The first-order chi connectivity index (χ1) is 17.9. The average molecular weight is 524 g/mol. The Labute approximate surface area is 223 Å². The number of likely N-dealkylation sites (tertiary alicyclic amines) is 1. The smallest absolute Gasteiger partial charge is 0.247 e. The second kappa shape index (κ2) is 10.7. The number of benzene rings is 1. The van der Waals surface area contributed by atoms with E-state index in [4.69, 9.17) is 0 Å². The molecule has 2 saturated heterocycles. The van der Waals surface area contributed by atoms with Crippen molar-refractivity contribution in [2.24, 2.45) is 11.8 Å². The van der Waals surface area contributed by atoms with Crippen molar-refractivity contribution < 1.29 is 19.5 Å². The Morgan fingerprint density at radius 1 is 1.05 bits per heavy atom. The van der Waals surface area contributed by atoms with Gasteiger partial charge in [-0.3, -0.25) is 14.4 Å². The molecule has 4 aliphatic rings. The van der Waals surface area contributed by atoms with Gasteiger partial charge < -0.3 is 19.8 Å². The van der Waals surface area contributed by atoms with E-state index >= 15 is 0 Å². The Morgan fingerprint density at radius 3 is 2.57 bits per heavy atom. The maximum Gasteiger partial charge on any atom is 0.247 e.